The lowest BCUT2D eigenvalue weighted by Gasteiger charge is -2.31. The molecule has 28 heteroatoms. The molecule has 28 nitrogen and oxygen atoms in total. The van der Waals surface area contributed by atoms with Gasteiger partial charge < -0.3 is 85.3 Å². The first-order chi connectivity index (χ1) is 32.8. The van der Waals surface area contributed by atoms with Gasteiger partial charge in [0.05, 0.1) is 24.7 Å². The Hall–Kier alpha value is -7.46. The first-order valence-corrected chi connectivity index (χ1v) is 22.1. The van der Waals surface area contributed by atoms with Crippen LogP contribution in [-0.4, -0.2) is 175 Å². The zero-order valence-electron chi connectivity index (χ0n) is 38.6. The molecule has 0 unspecified atom stereocenters. The van der Waals surface area contributed by atoms with Gasteiger partial charge in [-0.05, 0) is 64.4 Å². The molecule has 1 aromatic rings. The molecule has 0 saturated carbocycles. The number of aliphatic imine (C=N–C) groups is 1. The molecule has 388 valence electrons. The number of aliphatic hydroxyl groups excluding tert-OH is 2. The molecular formula is C42H64N12O16. The third kappa shape index (κ3) is 20.0. The van der Waals surface area contributed by atoms with E-state index in [1.807, 2.05) is 5.32 Å². The number of nitrogens with two attached hydrogens (primary N) is 4. The fourth-order valence-electron chi connectivity index (χ4n) is 7.08. The van der Waals surface area contributed by atoms with E-state index in [1.165, 1.54) is 6.92 Å². The number of aliphatic carboxylic acids is 3. The molecule has 0 spiro atoms. The quantitative estimate of drug-likeness (QED) is 0.0194. The number of likely N-dealkylation sites (tertiary alicyclic amines) is 1. The van der Waals surface area contributed by atoms with E-state index in [2.05, 4.69) is 31.6 Å². The number of rotatable bonds is 30. The summed E-state index contributed by atoms with van der Waals surface area (Å²) in [6.07, 6.45) is -6.54. The van der Waals surface area contributed by atoms with Crippen molar-refractivity contribution in [3.05, 3.63) is 35.9 Å². The normalized spacial score (nSPS) is 17.0. The van der Waals surface area contributed by atoms with E-state index in [4.69, 9.17) is 22.9 Å². The van der Waals surface area contributed by atoms with E-state index >= 15 is 0 Å². The third-order valence-corrected chi connectivity index (χ3v) is 10.7. The highest BCUT2D eigenvalue weighted by Crippen LogP contribution is 2.21. The summed E-state index contributed by atoms with van der Waals surface area (Å²) in [6.45, 7) is 2.05. The number of nitrogens with zero attached hydrogens (tertiary/aromatic N) is 2. The monoisotopic (exact) mass is 992 g/mol. The number of carboxylic acid groups (broad SMARTS) is 3. The van der Waals surface area contributed by atoms with Crippen LogP contribution in [0.4, 0.5) is 0 Å². The largest absolute Gasteiger partial charge is 0.481 e. The molecule has 0 aromatic heterocycles. The minimum atomic E-state index is -1.97. The summed E-state index contributed by atoms with van der Waals surface area (Å²) in [5.74, 6) is -13.4. The Morgan fingerprint density at radius 3 is 1.76 bits per heavy atom. The molecule has 70 heavy (non-hydrogen) atoms. The predicted octanol–water partition coefficient (Wildman–Crippen LogP) is -6.04. The van der Waals surface area contributed by atoms with Gasteiger partial charge in [0.15, 0.2) is 12.0 Å². The van der Waals surface area contributed by atoms with Gasteiger partial charge in [0.2, 0.25) is 47.3 Å². The van der Waals surface area contributed by atoms with Gasteiger partial charge in [-0.2, -0.15) is 0 Å². The number of carbonyl (C=O) groups excluding carboxylic acids is 8. The molecule has 1 saturated heterocycles. The Bertz CT molecular complexity index is 2070. The Morgan fingerprint density at radius 1 is 0.671 bits per heavy atom. The van der Waals surface area contributed by atoms with E-state index in [-0.39, 0.29) is 51.2 Å². The second kappa shape index (κ2) is 28.8. The summed E-state index contributed by atoms with van der Waals surface area (Å²) in [4.78, 5) is 147. The number of aliphatic hydroxyl groups is 2. The zero-order valence-corrected chi connectivity index (χ0v) is 38.6. The lowest BCUT2D eigenvalue weighted by molar-refractivity contribution is -0.146. The van der Waals surface area contributed by atoms with Crippen LogP contribution in [0.3, 0.4) is 0 Å². The van der Waals surface area contributed by atoms with Crippen LogP contribution in [0.25, 0.3) is 0 Å². The van der Waals surface area contributed by atoms with E-state index < -0.39 is 158 Å². The second-order valence-corrected chi connectivity index (χ2v) is 16.5. The maximum Gasteiger partial charge on any atom is 0.328 e. The highest BCUT2D eigenvalue weighted by molar-refractivity contribution is 5.98. The van der Waals surface area contributed by atoms with Gasteiger partial charge in [-0.25, -0.2) is 4.79 Å². The van der Waals surface area contributed by atoms with Gasteiger partial charge in [-0.3, -0.25) is 52.9 Å². The molecule has 1 aliphatic rings. The second-order valence-electron chi connectivity index (χ2n) is 16.5. The Labute approximate surface area is 401 Å². The average Bonchev–Trinajstić information content (AvgIpc) is 3.77. The standard InChI is InChI=1S/C42H64N12O16/c1-20(55)32(52-34(62)23(43)18-22-8-4-3-5-9-22)39(67)49-24(10-6-16-47-42(45)46)35(63)50-26(13-15-30(58)59)40(68)54-17-7-11-28(54)38(66)48-25(12-14-29(44)57)36(64)51-27(19-31(60)61)37(65)53-33(21(2)56)41(69)70/h3-5,8-9,20-21,23-28,32-33,55-56H,6-7,10-19,43H2,1-2H3,(H2,44,57)(H,48,66)(H,49,67)(H,50,63)(H,51,64)(H,52,62)(H,53,65)(H,58,59)(H,60,61)(H,69,70)(H4,45,46,47)/t20-,21-,23+,24+,25+,26+,27+,28+,32+,33+/m1/s1. The van der Waals surface area contributed by atoms with Crippen LogP contribution in [0, 0.1) is 0 Å². The van der Waals surface area contributed by atoms with Crippen molar-refractivity contribution in [2.75, 3.05) is 13.1 Å². The Balaban J connectivity index is 2.40. The van der Waals surface area contributed by atoms with Gasteiger partial charge in [-0.15, -0.1) is 0 Å². The van der Waals surface area contributed by atoms with Crippen molar-refractivity contribution in [2.45, 2.75) is 139 Å². The van der Waals surface area contributed by atoms with Gasteiger partial charge in [-0.1, -0.05) is 30.3 Å². The fourth-order valence-corrected chi connectivity index (χ4v) is 7.08. The van der Waals surface area contributed by atoms with Crippen LogP contribution in [-0.2, 0) is 59.2 Å². The number of carboxylic acids is 3. The molecule has 1 fully saturated rings. The number of hydrogen-bond acceptors (Lipinski definition) is 15. The summed E-state index contributed by atoms with van der Waals surface area (Å²) < 4.78 is 0. The number of carbonyl (C=O) groups is 11. The molecule has 8 amide bonds. The number of benzene rings is 1. The Kier molecular flexibility index (Phi) is 24.1. The van der Waals surface area contributed by atoms with Crippen molar-refractivity contribution in [1.29, 1.82) is 0 Å². The first kappa shape index (κ1) is 58.7. The summed E-state index contributed by atoms with van der Waals surface area (Å²) in [5, 5.41) is 62.3. The van der Waals surface area contributed by atoms with E-state index in [0.29, 0.717) is 5.56 Å². The van der Waals surface area contributed by atoms with Crippen LogP contribution >= 0.6 is 0 Å². The maximum absolute atomic E-state index is 14.3. The van der Waals surface area contributed by atoms with Crippen LogP contribution in [0.1, 0.15) is 77.2 Å². The minimum absolute atomic E-state index is 0.0428. The van der Waals surface area contributed by atoms with Crippen molar-refractivity contribution < 1.29 is 78.3 Å². The molecule has 0 aliphatic carbocycles. The molecule has 0 radical (unpaired) electrons. The number of nitrogens with one attached hydrogen (secondary N) is 6. The lowest BCUT2D eigenvalue weighted by atomic mass is 10.0. The number of hydrogen-bond donors (Lipinski definition) is 15. The predicted molar refractivity (Wildman–Crippen MR) is 243 cm³/mol. The van der Waals surface area contributed by atoms with Crippen LogP contribution < -0.4 is 54.8 Å². The first-order valence-electron chi connectivity index (χ1n) is 22.1. The SMILES string of the molecule is C[C@@H](O)[C@H](NC(=O)[C@H](CC(=O)O)NC(=O)[C@H](CCC(N)=O)NC(=O)[C@@H]1CCCN1C(=O)[C@H](CCC(=O)O)NC(=O)[C@H](CCCN=C(N)N)NC(=O)[C@@H](NC(=O)[C@@H](N)Cc1ccccc1)[C@@H](C)O)C(=O)O. The molecule has 1 heterocycles. The topological polar surface area (TPSA) is 481 Å². The molecule has 10 atom stereocenters. The molecule has 0 bridgehead atoms. The van der Waals surface area contributed by atoms with Crippen molar-refractivity contribution >= 4 is 71.1 Å². The average molecular weight is 993 g/mol. The summed E-state index contributed by atoms with van der Waals surface area (Å²) in [6, 6.07) is -4.33. The van der Waals surface area contributed by atoms with Crippen LogP contribution in [0.5, 0.6) is 0 Å². The molecule has 2 rings (SSSR count). The minimum Gasteiger partial charge on any atom is -0.481 e. The highest BCUT2D eigenvalue weighted by atomic mass is 16.4. The van der Waals surface area contributed by atoms with Crippen molar-refractivity contribution in [3.63, 3.8) is 0 Å². The molecule has 1 aromatic carbocycles. The maximum atomic E-state index is 14.3. The van der Waals surface area contributed by atoms with E-state index in [9.17, 15) is 78.3 Å². The Morgan fingerprint density at radius 2 is 1.21 bits per heavy atom. The molecule has 19 N–H and O–H groups in total. The molecule has 1 aliphatic heterocycles. The highest BCUT2D eigenvalue weighted by Gasteiger charge is 2.41. The summed E-state index contributed by atoms with van der Waals surface area (Å²) >= 11 is 0. The smallest absolute Gasteiger partial charge is 0.328 e. The number of amides is 8. The number of primary amides is 1. The van der Waals surface area contributed by atoms with Crippen molar-refractivity contribution in [1.82, 2.24) is 36.8 Å². The van der Waals surface area contributed by atoms with Crippen LogP contribution in [0.2, 0.25) is 0 Å². The van der Waals surface area contributed by atoms with E-state index in [1.54, 1.807) is 30.3 Å². The van der Waals surface area contributed by atoms with Crippen molar-refractivity contribution in [2.24, 2.45) is 27.9 Å². The lowest BCUT2D eigenvalue weighted by Crippen LogP contribution is -2.61. The summed E-state index contributed by atoms with van der Waals surface area (Å²) in [5.41, 5.74) is 22.9. The van der Waals surface area contributed by atoms with Gasteiger partial charge in [0.25, 0.3) is 0 Å². The van der Waals surface area contributed by atoms with Gasteiger partial charge in [0, 0.05) is 25.9 Å². The summed E-state index contributed by atoms with van der Waals surface area (Å²) in [7, 11) is 0. The third-order valence-electron chi connectivity index (χ3n) is 10.7. The fraction of sp³-hybridized carbons (Fsp3) is 0.571. The van der Waals surface area contributed by atoms with Crippen molar-refractivity contribution in [3.8, 4) is 0 Å². The van der Waals surface area contributed by atoms with E-state index in [0.717, 1.165) is 11.8 Å². The van der Waals surface area contributed by atoms with Gasteiger partial charge >= 0.3 is 17.9 Å². The molecular weight excluding hydrogens is 929 g/mol. The van der Waals surface area contributed by atoms with Gasteiger partial charge in [0.1, 0.15) is 36.3 Å². The number of guanidine groups is 1. The zero-order chi connectivity index (χ0) is 52.8. The van der Waals surface area contributed by atoms with Crippen LogP contribution in [0.15, 0.2) is 35.3 Å².